The Hall–Kier alpha value is -5.43. The third-order valence-corrected chi connectivity index (χ3v) is 6.13. The molecule has 0 aliphatic rings. The third kappa shape index (κ3) is 5.06. The summed E-state index contributed by atoms with van der Waals surface area (Å²) in [6.45, 7) is 1.79. The molecule has 39 heavy (non-hydrogen) atoms. The van der Waals surface area contributed by atoms with Gasteiger partial charge in [-0.25, -0.2) is 4.98 Å². The minimum atomic E-state index is -0.594. The molecule has 10 nitrogen and oxygen atoms in total. The molecule has 1 unspecified atom stereocenters. The van der Waals surface area contributed by atoms with Crippen LogP contribution in [0.2, 0.25) is 0 Å². The van der Waals surface area contributed by atoms with Gasteiger partial charge in [0.25, 0.3) is 11.5 Å². The molecular formula is C29H25N7O3. The molecule has 2 aromatic carbocycles. The Bertz CT molecular complexity index is 1810. The molecule has 0 saturated heterocycles. The van der Waals surface area contributed by atoms with E-state index in [1.165, 1.54) is 13.3 Å². The predicted molar refractivity (Wildman–Crippen MR) is 148 cm³/mol. The Labute approximate surface area is 224 Å². The Morgan fingerprint density at radius 2 is 1.90 bits per heavy atom. The van der Waals surface area contributed by atoms with E-state index in [-0.39, 0.29) is 23.0 Å². The number of nitrogens with two attached hydrogens (primary N) is 1. The van der Waals surface area contributed by atoms with Crippen LogP contribution in [0.3, 0.4) is 0 Å². The summed E-state index contributed by atoms with van der Waals surface area (Å²) >= 11 is 0. The van der Waals surface area contributed by atoms with Gasteiger partial charge in [-0.3, -0.25) is 18.8 Å². The predicted octanol–water partition coefficient (Wildman–Crippen LogP) is 3.00. The Morgan fingerprint density at radius 3 is 2.59 bits per heavy atom. The Morgan fingerprint density at radius 1 is 1.10 bits per heavy atom. The number of fused-ring (bicyclic) bond motifs is 1. The molecule has 3 aromatic heterocycles. The monoisotopic (exact) mass is 519 g/mol. The quantitative estimate of drug-likeness (QED) is 0.342. The van der Waals surface area contributed by atoms with Crippen molar-refractivity contribution in [1.82, 2.24) is 29.6 Å². The number of rotatable bonds is 5. The average molecular weight is 520 g/mol. The molecule has 5 aromatic rings. The van der Waals surface area contributed by atoms with Gasteiger partial charge in [0.15, 0.2) is 11.5 Å². The number of hydrogen-bond acceptors (Lipinski definition) is 7. The van der Waals surface area contributed by atoms with Crippen LogP contribution in [-0.2, 0) is 7.05 Å². The number of para-hydroxylation sites is 1. The largest absolute Gasteiger partial charge is 0.480 e. The number of pyridine rings is 1. The lowest BCUT2D eigenvalue weighted by Gasteiger charge is -2.21. The smallest absolute Gasteiger partial charge is 0.274 e. The van der Waals surface area contributed by atoms with Gasteiger partial charge in [0, 0.05) is 30.2 Å². The van der Waals surface area contributed by atoms with Gasteiger partial charge in [-0.2, -0.15) is 10.1 Å². The Kier molecular flexibility index (Phi) is 6.80. The topological polar surface area (TPSA) is 130 Å². The fraction of sp³-hybridized carbons (Fsp3) is 0.138. The molecule has 0 saturated carbocycles. The Balaban J connectivity index is 1.62. The molecule has 1 atom stereocenters. The summed E-state index contributed by atoms with van der Waals surface area (Å²) < 4.78 is 8.27. The highest BCUT2D eigenvalue weighted by Crippen LogP contribution is 2.24. The normalized spacial score (nSPS) is 11.5. The zero-order chi connectivity index (χ0) is 27.5. The van der Waals surface area contributed by atoms with Crippen molar-refractivity contribution in [2.75, 3.05) is 12.8 Å². The van der Waals surface area contributed by atoms with E-state index in [0.717, 1.165) is 5.56 Å². The van der Waals surface area contributed by atoms with Crippen molar-refractivity contribution in [3.05, 3.63) is 106 Å². The molecule has 5 rings (SSSR count). The second kappa shape index (κ2) is 10.5. The van der Waals surface area contributed by atoms with Crippen LogP contribution in [-0.4, -0.2) is 37.3 Å². The maximum Gasteiger partial charge on any atom is 0.274 e. The first-order chi connectivity index (χ1) is 18.9. The number of carbonyl (C=O) groups excluding carboxylic acids is 1. The van der Waals surface area contributed by atoms with Crippen molar-refractivity contribution in [2.24, 2.45) is 7.05 Å². The van der Waals surface area contributed by atoms with Crippen LogP contribution >= 0.6 is 0 Å². The number of methoxy groups -OCH3 is 1. The van der Waals surface area contributed by atoms with Crippen molar-refractivity contribution in [3.8, 4) is 23.4 Å². The highest BCUT2D eigenvalue weighted by Gasteiger charge is 2.22. The standard InChI is InChI=1S/C29H25N7O3/c1-18(33-28(37)26-27(30)34-24(39-3)16-31-26)23-14-21-9-7-8-20(13-12-19-15-32-35(2)17-19)25(21)29(38)36(23)22-10-5-4-6-11-22/h4-11,14-18H,1-3H3,(H2,30,34)(H,33,37). The summed E-state index contributed by atoms with van der Waals surface area (Å²) in [5, 5.41) is 8.22. The average Bonchev–Trinajstić information content (AvgIpc) is 3.36. The third-order valence-electron chi connectivity index (χ3n) is 6.13. The number of benzene rings is 2. The van der Waals surface area contributed by atoms with Gasteiger partial charge in [0.1, 0.15) is 0 Å². The van der Waals surface area contributed by atoms with E-state index < -0.39 is 11.9 Å². The first kappa shape index (κ1) is 25.2. The summed E-state index contributed by atoms with van der Waals surface area (Å²) in [5.41, 5.74) is 8.20. The first-order valence-corrected chi connectivity index (χ1v) is 12.1. The highest BCUT2D eigenvalue weighted by atomic mass is 16.5. The molecule has 0 aliphatic heterocycles. The lowest BCUT2D eigenvalue weighted by molar-refractivity contribution is 0.0934. The van der Waals surface area contributed by atoms with E-state index in [1.807, 2.05) is 67.8 Å². The van der Waals surface area contributed by atoms with Gasteiger partial charge in [0.05, 0.1) is 36.5 Å². The van der Waals surface area contributed by atoms with Crippen molar-refractivity contribution in [3.63, 3.8) is 0 Å². The van der Waals surface area contributed by atoms with Crippen LogP contribution in [0.5, 0.6) is 5.88 Å². The summed E-state index contributed by atoms with van der Waals surface area (Å²) in [6.07, 6.45) is 4.80. The summed E-state index contributed by atoms with van der Waals surface area (Å²) in [5.74, 6) is 5.82. The second-order valence-electron chi connectivity index (χ2n) is 8.81. The van der Waals surface area contributed by atoms with Gasteiger partial charge >= 0.3 is 0 Å². The maximum absolute atomic E-state index is 14.1. The van der Waals surface area contributed by atoms with Crippen LogP contribution in [0.1, 0.15) is 40.3 Å². The zero-order valence-electron chi connectivity index (χ0n) is 21.5. The summed E-state index contributed by atoms with van der Waals surface area (Å²) in [4.78, 5) is 35.3. The lowest BCUT2D eigenvalue weighted by Crippen LogP contribution is -2.33. The highest BCUT2D eigenvalue weighted by molar-refractivity contribution is 5.96. The fourth-order valence-electron chi connectivity index (χ4n) is 4.27. The van der Waals surface area contributed by atoms with Gasteiger partial charge in [-0.15, -0.1) is 0 Å². The number of hydrogen-bond donors (Lipinski definition) is 2. The first-order valence-electron chi connectivity index (χ1n) is 12.1. The maximum atomic E-state index is 14.1. The minimum absolute atomic E-state index is 0.0370. The lowest BCUT2D eigenvalue weighted by atomic mass is 10.0. The number of amides is 1. The number of carbonyl (C=O) groups is 1. The van der Waals surface area contributed by atoms with E-state index in [2.05, 4.69) is 32.2 Å². The van der Waals surface area contributed by atoms with Crippen LogP contribution in [0, 0.1) is 11.8 Å². The number of anilines is 1. The van der Waals surface area contributed by atoms with E-state index >= 15 is 0 Å². The summed E-state index contributed by atoms with van der Waals surface area (Å²) in [6, 6.07) is 16.0. The fourth-order valence-corrected chi connectivity index (χ4v) is 4.27. The van der Waals surface area contributed by atoms with Crippen LogP contribution < -0.4 is 21.3 Å². The van der Waals surface area contributed by atoms with Crippen molar-refractivity contribution in [1.29, 1.82) is 0 Å². The molecule has 0 spiro atoms. The molecule has 0 bridgehead atoms. The van der Waals surface area contributed by atoms with Gasteiger partial charge in [0.2, 0.25) is 5.88 Å². The van der Waals surface area contributed by atoms with Crippen molar-refractivity contribution >= 4 is 22.5 Å². The van der Waals surface area contributed by atoms with Crippen molar-refractivity contribution < 1.29 is 9.53 Å². The van der Waals surface area contributed by atoms with Crippen molar-refractivity contribution in [2.45, 2.75) is 13.0 Å². The number of aryl methyl sites for hydroxylation is 1. The molecule has 3 heterocycles. The van der Waals surface area contributed by atoms with E-state index in [4.69, 9.17) is 10.5 Å². The number of aromatic nitrogens is 5. The van der Waals surface area contributed by atoms with E-state index in [1.54, 1.807) is 22.4 Å². The SMILES string of the molecule is COc1cnc(C(=O)NC(C)c2cc3cccc(C#Cc4cnn(C)c4)c3c(=O)n2-c2ccccc2)c(N)n1. The summed E-state index contributed by atoms with van der Waals surface area (Å²) in [7, 11) is 3.25. The van der Waals surface area contributed by atoms with Gasteiger partial charge in [-0.1, -0.05) is 42.2 Å². The molecule has 3 N–H and O–H groups in total. The van der Waals surface area contributed by atoms with E-state index in [9.17, 15) is 9.59 Å². The molecule has 0 aliphatic carbocycles. The minimum Gasteiger partial charge on any atom is -0.480 e. The number of nitrogen functional groups attached to an aromatic ring is 1. The van der Waals surface area contributed by atoms with Crippen LogP contribution in [0.15, 0.2) is 78.0 Å². The van der Waals surface area contributed by atoms with Gasteiger partial charge < -0.3 is 15.8 Å². The zero-order valence-corrected chi connectivity index (χ0v) is 21.5. The second-order valence-corrected chi connectivity index (χ2v) is 8.81. The number of nitrogens with zero attached hydrogens (tertiary/aromatic N) is 5. The molecule has 0 fully saturated rings. The van der Waals surface area contributed by atoms with E-state index in [0.29, 0.717) is 27.7 Å². The number of ether oxygens (including phenoxy) is 1. The molecular weight excluding hydrogens is 494 g/mol. The molecule has 194 valence electrons. The molecule has 1 amide bonds. The number of nitrogens with one attached hydrogen (secondary N) is 1. The van der Waals surface area contributed by atoms with Crippen LogP contribution in [0.25, 0.3) is 16.5 Å². The molecule has 0 radical (unpaired) electrons. The van der Waals surface area contributed by atoms with Gasteiger partial charge in [-0.05, 0) is 36.6 Å². The molecule has 10 heteroatoms. The van der Waals surface area contributed by atoms with Crippen LogP contribution in [0.4, 0.5) is 5.82 Å².